The summed E-state index contributed by atoms with van der Waals surface area (Å²) in [5.74, 6) is -2.93. The number of aromatic hydroxyl groups is 2. The molecule has 1 amide bonds. The lowest BCUT2D eigenvalue weighted by Crippen LogP contribution is -2.20. The molecule has 0 aliphatic rings. The summed E-state index contributed by atoms with van der Waals surface area (Å²) in [7, 11) is -4.30. The van der Waals surface area contributed by atoms with Gasteiger partial charge in [-0.15, -0.1) is 11.3 Å². The van der Waals surface area contributed by atoms with Gasteiger partial charge in [0.2, 0.25) is 0 Å². The number of anilines is 3. The molecule has 52 heavy (non-hydrogen) atoms. The van der Waals surface area contributed by atoms with E-state index in [1.165, 1.54) is 58.2 Å². The highest BCUT2D eigenvalue weighted by Crippen LogP contribution is 2.37. The van der Waals surface area contributed by atoms with E-state index in [1.807, 2.05) is 13.8 Å². The number of rotatable bonds is 13. The Kier molecular flexibility index (Phi) is 13.5. The van der Waals surface area contributed by atoms with Crippen molar-refractivity contribution >= 4 is 79.3 Å². The van der Waals surface area contributed by atoms with Crippen molar-refractivity contribution < 1.29 is 47.1 Å². The summed E-state index contributed by atoms with van der Waals surface area (Å²) < 4.78 is 33.0. The van der Waals surface area contributed by atoms with Crippen LogP contribution in [0.3, 0.4) is 0 Å². The third kappa shape index (κ3) is 8.86. The number of aromatic nitrogens is 1. The summed E-state index contributed by atoms with van der Waals surface area (Å²) in [6.07, 6.45) is 2.11. The van der Waals surface area contributed by atoms with Crippen LogP contribution in [-0.4, -0.2) is 52.8 Å². The number of nitrogens with zero attached hydrogens (tertiary/aromatic N) is 1. The minimum absolute atomic E-state index is 0.0189. The summed E-state index contributed by atoms with van der Waals surface area (Å²) in [5, 5.41) is 28.2. The van der Waals surface area contributed by atoms with Crippen LogP contribution in [0.15, 0.2) is 33.0 Å². The summed E-state index contributed by atoms with van der Waals surface area (Å²) >= 11 is 6.85. The quantitative estimate of drug-likeness (QED) is 0.0673. The van der Waals surface area contributed by atoms with Gasteiger partial charge in [-0.2, -0.15) is 0 Å². The minimum atomic E-state index is -4.30. The van der Waals surface area contributed by atoms with E-state index in [0.717, 1.165) is 17.8 Å². The Morgan fingerprint density at radius 2 is 1.37 bits per heavy atom. The number of hydrogen-bond acceptors (Lipinski definition) is 13. The third-order valence-corrected chi connectivity index (χ3v) is 10.6. The molecule has 278 valence electrons. The van der Waals surface area contributed by atoms with Crippen LogP contribution >= 0.6 is 22.9 Å². The zero-order valence-corrected chi connectivity index (χ0v) is 31.9. The SMILES string of the molecule is CCCc1c(N)c(C(C)=O)cc(C(C)=O)c1O.CCCc1c(O)c(C(C)=O)cc(C(C)=O)c1NC(=O)c1sccc1S(=O)(=O)Nc1onc(C)c1Cl. The number of amides is 1. The first-order valence-corrected chi connectivity index (χ1v) is 18.6. The number of thiophene rings is 1. The van der Waals surface area contributed by atoms with Crippen molar-refractivity contribution in [3.8, 4) is 11.5 Å². The molecule has 6 N–H and O–H groups in total. The van der Waals surface area contributed by atoms with Crippen molar-refractivity contribution in [1.29, 1.82) is 0 Å². The Bertz CT molecular complexity index is 2150. The van der Waals surface area contributed by atoms with Gasteiger partial charge in [0.15, 0.2) is 23.1 Å². The van der Waals surface area contributed by atoms with Gasteiger partial charge in [-0.3, -0.25) is 24.0 Å². The number of benzene rings is 2. The van der Waals surface area contributed by atoms with Crippen LogP contribution in [0.2, 0.25) is 5.02 Å². The number of ketones is 4. The second-order valence-corrected chi connectivity index (χ2v) is 14.6. The number of nitrogens with two attached hydrogens (primary N) is 1. The molecule has 2 aromatic carbocycles. The summed E-state index contributed by atoms with van der Waals surface area (Å²) in [5.41, 5.74) is 7.57. The van der Waals surface area contributed by atoms with E-state index in [-0.39, 0.29) is 89.5 Å². The monoisotopic (exact) mass is 774 g/mol. The number of hydrogen-bond donors (Lipinski definition) is 5. The zero-order valence-electron chi connectivity index (χ0n) is 29.5. The Morgan fingerprint density at radius 3 is 1.85 bits per heavy atom. The maximum atomic E-state index is 13.2. The first kappa shape index (κ1) is 41.4. The molecule has 17 heteroatoms. The molecule has 0 saturated carbocycles. The number of sulfonamides is 1. The second-order valence-electron chi connectivity index (χ2n) is 11.7. The Balaban J connectivity index is 0.000000359. The first-order valence-electron chi connectivity index (χ1n) is 15.9. The fourth-order valence-corrected chi connectivity index (χ4v) is 7.65. The smallest absolute Gasteiger partial charge is 0.267 e. The molecule has 0 unspecified atom stereocenters. The van der Waals surface area contributed by atoms with Crippen molar-refractivity contribution in [3.63, 3.8) is 0 Å². The number of phenols is 2. The molecule has 0 aliphatic heterocycles. The highest BCUT2D eigenvalue weighted by Gasteiger charge is 2.29. The van der Waals surface area contributed by atoms with Crippen LogP contribution in [0.5, 0.6) is 11.5 Å². The van der Waals surface area contributed by atoms with Gasteiger partial charge in [0.05, 0.1) is 16.8 Å². The molecule has 14 nitrogen and oxygen atoms in total. The van der Waals surface area contributed by atoms with Crippen molar-refractivity contribution in [2.75, 3.05) is 15.8 Å². The summed E-state index contributed by atoms with van der Waals surface area (Å²) in [4.78, 5) is 59.9. The van der Waals surface area contributed by atoms with Gasteiger partial charge in [0, 0.05) is 27.9 Å². The molecule has 0 bridgehead atoms. The lowest BCUT2D eigenvalue weighted by molar-refractivity contribution is 0.0995. The van der Waals surface area contributed by atoms with Crippen molar-refractivity contribution in [1.82, 2.24) is 5.16 Å². The van der Waals surface area contributed by atoms with E-state index >= 15 is 0 Å². The molecule has 0 aliphatic carbocycles. The van der Waals surface area contributed by atoms with E-state index in [0.29, 0.717) is 24.0 Å². The fourth-order valence-electron chi connectivity index (χ4n) is 5.16. The molecule has 2 heterocycles. The molecule has 0 radical (unpaired) electrons. The number of Topliss-reactive ketones (excluding diaryl/α,β-unsaturated/α-hetero) is 4. The molecule has 4 rings (SSSR count). The largest absolute Gasteiger partial charge is 0.507 e. The van der Waals surface area contributed by atoms with Gasteiger partial charge >= 0.3 is 0 Å². The molecule has 0 saturated heterocycles. The number of carbonyl (C=O) groups excluding carboxylic acids is 5. The van der Waals surface area contributed by atoms with Gasteiger partial charge in [-0.05, 0) is 71.0 Å². The van der Waals surface area contributed by atoms with Gasteiger partial charge < -0.3 is 25.8 Å². The van der Waals surface area contributed by atoms with Crippen LogP contribution in [-0.2, 0) is 22.9 Å². The Morgan fingerprint density at radius 1 is 0.865 bits per heavy atom. The average Bonchev–Trinajstić information content (AvgIpc) is 3.68. The van der Waals surface area contributed by atoms with Crippen LogP contribution in [0, 0.1) is 6.92 Å². The molecule has 0 spiro atoms. The molecular weight excluding hydrogens is 736 g/mol. The number of nitrogen functional groups attached to an aromatic ring is 1. The number of nitrogens with one attached hydrogen (secondary N) is 2. The fraction of sp³-hybridized carbons (Fsp3) is 0.314. The number of aryl methyl sites for hydroxylation is 1. The van der Waals surface area contributed by atoms with Crippen LogP contribution in [0.1, 0.15) is 122 Å². The van der Waals surface area contributed by atoms with Gasteiger partial charge in [-0.25, -0.2) is 13.1 Å². The minimum Gasteiger partial charge on any atom is -0.507 e. The second kappa shape index (κ2) is 17.0. The van der Waals surface area contributed by atoms with E-state index < -0.39 is 27.5 Å². The van der Waals surface area contributed by atoms with Gasteiger partial charge in [0.25, 0.3) is 21.8 Å². The third-order valence-electron chi connectivity index (χ3n) is 7.74. The molecule has 0 fully saturated rings. The standard InChI is InChI=1S/C22H22ClN3O7S2.C13H17NO3/c1-5-6-13-18(14(11(3)27)9-15(12(4)28)19(13)29)24-21(30)20-16(7-8-34-20)35(31,32)26-22-17(23)10(2)25-33-22;1-4-5-9-12(14)10(7(2)15)6-11(8(3)16)13(9)17/h7-9,26,29H,5-6H2,1-4H3,(H,24,30);6,17H,4-5,14H2,1-3H3. The van der Waals surface area contributed by atoms with Crippen molar-refractivity contribution in [3.05, 3.63) is 72.6 Å². The van der Waals surface area contributed by atoms with Crippen LogP contribution in [0.4, 0.5) is 17.3 Å². The highest BCUT2D eigenvalue weighted by molar-refractivity contribution is 7.93. The average molecular weight is 775 g/mol. The van der Waals surface area contributed by atoms with E-state index in [2.05, 4.69) is 15.2 Å². The highest BCUT2D eigenvalue weighted by atomic mass is 35.5. The van der Waals surface area contributed by atoms with E-state index in [1.54, 1.807) is 0 Å². The predicted octanol–water partition coefficient (Wildman–Crippen LogP) is 7.15. The molecular formula is C35H39ClN4O10S2. The molecule has 0 atom stereocenters. The first-order chi connectivity index (χ1) is 24.3. The lowest BCUT2D eigenvalue weighted by Gasteiger charge is -2.18. The van der Waals surface area contributed by atoms with E-state index in [9.17, 15) is 42.6 Å². The Labute approximate surface area is 309 Å². The summed E-state index contributed by atoms with van der Waals surface area (Å²) in [6, 6.07) is 3.82. The van der Waals surface area contributed by atoms with Crippen LogP contribution in [0.25, 0.3) is 0 Å². The normalized spacial score (nSPS) is 11.0. The summed E-state index contributed by atoms with van der Waals surface area (Å²) in [6.45, 7) is 10.5. The maximum absolute atomic E-state index is 13.2. The van der Waals surface area contributed by atoms with Gasteiger partial charge in [0.1, 0.15) is 32.0 Å². The number of halogens is 1. The van der Waals surface area contributed by atoms with Crippen molar-refractivity contribution in [2.24, 2.45) is 0 Å². The lowest BCUT2D eigenvalue weighted by atomic mass is 9.94. The topological polar surface area (TPSA) is 236 Å². The van der Waals surface area contributed by atoms with Crippen molar-refractivity contribution in [2.45, 2.75) is 79.0 Å². The maximum Gasteiger partial charge on any atom is 0.267 e. The molecule has 4 aromatic rings. The zero-order chi connectivity index (χ0) is 39.2. The van der Waals surface area contributed by atoms with Crippen LogP contribution < -0.4 is 15.8 Å². The Hall–Kier alpha value is -5.06. The molecule has 2 aromatic heterocycles. The number of carbonyl (C=O) groups is 5. The van der Waals surface area contributed by atoms with Gasteiger partial charge in [-0.1, -0.05) is 43.4 Å². The number of phenolic OH excluding ortho intramolecular Hbond substituents is 2. The van der Waals surface area contributed by atoms with E-state index in [4.69, 9.17) is 21.9 Å². The predicted molar refractivity (Wildman–Crippen MR) is 198 cm³/mol.